The normalized spacial score (nSPS) is 10.7. The van der Waals surface area contributed by atoms with Gasteiger partial charge < -0.3 is 5.32 Å². The highest BCUT2D eigenvalue weighted by Crippen LogP contribution is 2.19. The highest BCUT2D eigenvalue weighted by Gasteiger charge is 2.15. The number of para-hydroxylation sites is 1. The maximum atomic E-state index is 13.5. The third kappa shape index (κ3) is 2.11. The van der Waals surface area contributed by atoms with Crippen LogP contribution < -0.4 is 5.32 Å². The fourth-order valence-corrected chi connectivity index (χ4v) is 1.97. The van der Waals surface area contributed by atoms with Gasteiger partial charge >= 0.3 is 0 Å². The molecule has 2 heterocycles. The first-order chi connectivity index (χ1) is 9.65. The number of benzene rings is 1. The monoisotopic (exact) mass is 270 g/mol. The number of H-pyrrole nitrogens is 1. The van der Waals surface area contributed by atoms with Crippen LogP contribution in [0.3, 0.4) is 0 Å². The molecule has 0 spiro atoms. The summed E-state index contributed by atoms with van der Waals surface area (Å²) in [6, 6.07) is 9.78. The molecule has 1 aromatic carbocycles. The van der Waals surface area contributed by atoms with Crippen LogP contribution in [0.1, 0.15) is 16.2 Å². The average Bonchev–Trinajstić information content (AvgIpc) is 2.84. The summed E-state index contributed by atoms with van der Waals surface area (Å²) in [6.45, 7) is 1.83. The topological polar surface area (TPSA) is 70.7 Å². The van der Waals surface area contributed by atoms with Crippen LogP contribution in [0.2, 0.25) is 0 Å². The summed E-state index contributed by atoms with van der Waals surface area (Å²) in [7, 11) is 0. The number of carbonyl (C=O) groups excluding carboxylic acids is 1. The number of aromatic amines is 1. The molecule has 0 radical (unpaired) electrons. The Labute approximate surface area is 113 Å². The number of aryl methyl sites for hydroxylation is 1. The summed E-state index contributed by atoms with van der Waals surface area (Å²) in [5.41, 5.74) is 1.15. The van der Waals surface area contributed by atoms with E-state index in [4.69, 9.17) is 0 Å². The SMILES string of the molecule is Cc1cccc(NC(=O)c2[nH]nc3c(F)cccc23)n1. The van der Waals surface area contributed by atoms with E-state index in [0.717, 1.165) is 5.69 Å². The van der Waals surface area contributed by atoms with Crippen molar-refractivity contribution in [1.29, 1.82) is 0 Å². The quantitative estimate of drug-likeness (QED) is 0.752. The molecule has 0 aliphatic heterocycles. The number of hydrogen-bond donors (Lipinski definition) is 2. The van der Waals surface area contributed by atoms with Crippen molar-refractivity contribution in [3.63, 3.8) is 0 Å². The zero-order valence-corrected chi connectivity index (χ0v) is 10.6. The molecule has 2 aromatic heterocycles. The molecule has 0 aliphatic carbocycles. The van der Waals surface area contributed by atoms with E-state index in [1.807, 2.05) is 13.0 Å². The smallest absolute Gasteiger partial charge is 0.275 e. The highest BCUT2D eigenvalue weighted by molar-refractivity contribution is 6.10. The van der Waals surface area contributed by atoms with Crippen LogP contribution in [-0.2, 0) is 0 Å². The van der Waals surface area contributed by atoms with Crippen molar-refractivity contribution in [2.45, 2.75) is 6.92 Å². The van der Waals surface area contributed by atoms with E-state index in [1.54, 1.807) is 18.2 Å². The van der Waals surface area contributed by atoms with Crippen LogP contribution in [0.4, 0.5) is 10.2 Å². The standard InChI is InChI=1S/C14H11FN4O/c1-8-4-2-7-11(16-8)17-14(20)13-9-5-3-6-10(15)12(9)18-19-13/h2-7H,1H3,(H,18,19)(H,16,17,20). The number of nitrogens with one attached hydrogen (secondary N) is 2. The average molecular weight is 270 g/mol. The number of carbonyl (C=O) groups is 1. The molecule has 0 atom stereocenters. The van der Waals surface area contributed by atoms with Crippen molar-refractivity contribution < 1.29 is 9.18 Å². The van der Waals surface area contributed by atoms with Crippen LogP contribution in [0.25, 0.3) is 10.9 Å². The van der Waals surface area contributed by atoms with Gasteiger partial charge in [-0.2, -0.15) is 5.10 Å². The molecule has 6 heteroatoms. The minimum absolute atomic E-state index is 0.148. The van der Waals surface area contributed by atoms with Crippen LogP contribution >= 0.6 is 0 Å². The third-order valence-electron chi connectivity index (χ3n) is 2.89. The van der Waals surface area contributed by atoms with Crippen molar-refractivity contribution in [3.05, 3.63) is 53.6 Å². The Bertz CT molecular complexity index is 797. The Morgan fingerprint density at radius 1 is 1.25 bits per heavy atom. The second-order valence-corrected chi connectivity index (χ2v) is 4.35. The minimum atomic E-state index is -0.466. The Morgan fingerprint density at radius 2 is 2.05 bits per heavy atom. The number of halogens is 1. The highest BCUT2D eigenvalue weighted by atomic mass is 19.1. The maximum absolute atomic E-state index is 13.5. The summed E-state index contributed by atoms with van der Waals surface area (Å²) in [5, 5.41) is 9.47. The Morgan fingerprint density at radius 3 is 2.85 bits per heavy atom. The van der Waals surface area contributed by atoms with Gasteiger partial charge in [-0.25, -0.2) is 9.37 Å². The van der Waals surface area contributed by atoms with Gasteiger partial charge in [-0.15, -0.1) is 0 Å². The van der Waals surface area contributed by atoms with Gasteiger partial charge in [0.1, 0.15) is 17.0 Å². The zero-order valence-electron chi connectivity index (χ0n) is 10.6. The predicted octanol–water partition coefficient (Wildman–Crippen LogP) is 2.66. The second-order valence-electron chi connectivity index (χ2n) is 4.35. The Balaban J connectivity index is 1.95. The van der Waals surface area contributed by atoms with Gasteiger partial charge in [0.05, 0.1) is 0 Å². The van der Waals surface area contributed by atoms with Crippen molar-refractivity contribution in [2.24, 2.45) is 0 Å². The summed E-state index contributed by atoms with van der Waals surface area (Å²) in [4.78, 5) is 16.3. The molecule has 3 aromatic rings. The molecule has 0 saturated heterocycles. The number of aromatic nitrogens is 3. The van der Waals surface area contributed by atoms with Crippen molar-refractivity contribution in [2.75, 3.05) is 5.32 Å². The minimum Gasteiger partial charge on any atom is -0.305 e. The van der Waals surface area contributed by atoms with E-state index >= 15 is 0 Å². The van der Waals surface area contributed by atoms with Gasteiger partial charge in [0.25, 0.3) is 5.91 Å². The number of anilines is 1. The van der Waals surface area contributed by atoms with Gasteiger partial charge in [0.2, 0.25) is 0 Å². The van der Waals surface area contributed by atoms with E-state index in [0.29, 0.717) is 11.2 Å². The van der Waals surface area contributed by atoms with Crippen molar-refractivity contribution in [3.8, 4) is 0 Å². The first-order valence-corrected chi connectivity index (χ1v) is 6.03. The van der Waals surface area contributed by atoms with Gasteiger partial charge in [0.15, 0.2) is 5.82 Å². The molecular weight excluding hydrogens is 259 g/mol. The molecule has 3 rings (SSSR count). The number of nitrogens with zero attached hydrogens (tertiary/aromatic N) is 2. The lowest BCUT2D eigenvalue weighted by molar-refractivity contribution is 0.102. The molecule has 0 bridgehead atoms. The predicted molar refractivity (Wildman–Crippen MR) is 73.0 cm³/mol. The maximum Gasteiger partial charge on any atom is 0.275 e. The largest absolute Gasteiger partial charge is 0.305 e. The van der Waals surface area contributed by atoms with Gasteiger partial charge in [-0.1, -0.05) is 18.2 Å². The molecule has 20 heavy (non-hydrogen) atoms. The van der Waals surface area contributed by atoms with Gasteiger partial charge in [0, 0.05) is 11.1 Å². The molecule has 0 unspecified atom stereocenters. The molecule has 100 valence electrons. The second kappa shape index (κ2) is 4.73. The lowest BCUT2D eigenvalue weighted by Gasteiger charge is -2.03. The van der Waals surface area contributed by atoms with Crippen LogP contribution in [0.15, 0.2) is 36.4 Å². The van der Waals surface area contributed by atoms with Gasteiger partial charge in [-0.3, -0.25) is 9.89 Å². The van der Waals surface area contributed by atoms with Crippen molar-refractivity contribution >= 4 is 22.6 Å². The Hall–Kier alpha value is -2.76. The van der Waals surface area contributed by atoms with E-state index in [2.05, 4.69) is 20.5 Å². The number of fused-ring (bicyclic) bond motifs is 1. The lowest BCUT2D eigenvalue weighted by atomic mass is 10.2. The van der Waals surface area contributed by atoms with E-state index < -0.39 is 11.7 Å². The molecule has 2 N–H and O–H groups in total. The van der Waals surface area contributed by atoms with E-state index in [1.165, 1.54) is 12.1 Å². The molecule has 1 amide bonds. The molecule has 0 saturated carbocycles. The third-order valence-corrected chi connectivity index (χ3v) is 2.89. The molecular formula is C14H11FN4O. The summed E-state index contributed by atoms with van der Waals surface area (Å²) in [5.74, 6) is -0.433. The molecule has 5 nitrogen and oxygen atoms in total. The van der Waals surface area contributed by atoms with Crippen LogP contribution in [-0.4, -0.2) is 21.1 Å². The van der Waals surface area contributed by atoms with Gasteiger partial charge in [-0.05, 0) is 25.1 Å². The lowest BCUT2D eigenvalue weighted by Crippen LogP contribution is -2.14. The van der Waals surface area contributed by atoms with Crippen molar-refractivity contribution in [1.82, 2.24) is 15.2 Å². The number of rotatable bonds is 2. The first kappa shape index (κ1) is 12.3. The summed E-state index contributed by atoms with van der Waals surface area (Å²) >= 11 is 0. The molecule has 0 aliphatic rings. The first-order valence-electron chi connectivity index (χ1n) is 6.03. The number of amides is 1. The fraction of sp³-hybridized carbons (Fsp3) is 0.0714. The van der Waals surface area contributed by atoms with E-state index in [-0.39, 0.29) is 11.2 Å². The van der Waals surface area contributed by atoms with Crippen LogP contribution in [0.5, 0.6) is 0 Å². The van der Waals surface area contributed by atoms with Crippen LogP contribution in [0, 0.1) is 12.7 Å². The number of hydrogen-bond acceptors (Lipinski definition) is 3. The summed E-state index contributed by atoms with van der Waals surface area (Å²) < 4.78 is 13.5. The molecule has 0 fully saturated rings. The van der Waals surface area contributed by atoms with E-state index in [9.17, 15) is 9.18 Å². The Kier molecular flexibility index (Phi) is 2.90. The zero-order chi connectivity index (χ0) is 14.1. The summed E-state index contributed by atoms with van der Waals surface area (Å²) in [6.07, 6.45) is 0. The number of pyridine rings is 1. The fourth-order valence-electron chi connectivity index (χ4n) is 1.97.